The number of nitrogens with two attached hydrogens (primary N) is 3. The van der Waals surface area contributed by atoms with E-state index in [1.165, 1.54) is 0 Å². The molecule has 2 aromatic carbocycles. The van der Waals surface area contributed by atoms with Crippen molar-refractivity contribution in [1.29, 1.82) is 0 Å². The number of hydrogen-bond donors (Lipinski definition) is 18. The third-order valence-electron chi connectivity index (χ3n) is 15.3. The first-order valence-electron chi connectivity index (χ1n) is 29.5. The van der Waals surface area contributed by atoms with Crippen LogP contribution in [0, 0.1) is 5.92 Å². The highest BCUT2D eigenvalue weighted by molar-refractivity contribution is 5.99. The van der Waals surface area contributed by atoms with Crippen molar-refractivity contribution in [3.8, 4) is 0 Å². The molecule has 13 atom stereocenters. The van der Waals surface area contributed by atoms with E-state index in [4.69, 9.17) is 26.7 Å². The molecule has 2 aromatic heterocycles. The second kappa shape index (κ2) is 33.7. The highest BCUT2D eigenvalue weighted by Crippen LogP contribution is 2.24. The lowest BCUT2D eigenvalue weighted by atomic mass is 9.99. The van der Waals surface area contributed by atoms with Gasteiger partial charge in [0.15, 0.2) is 6.29 Å². The summed E-state index contributed by atoms with van der Waals surface area (Å²) >= 11 is 0. The summed E-state index contributed by atoms with van der Waals surface area (Å²) in [7, 11) is 0. The van der Waals surface area contributed by atoms with Crippen LogP contribution < -0.4 is 59.7 Å². The fourth-order valence-electron chi connectivity index (χ4n) is 10.4. The number of aromatic amines is 2. The van der Waals surface area contributed by atoms with Crippen LogP contribution in [0.5, 0.6) is 0 Å². The zero-order valence-corrected chi connectivity index (χ0v) is 48.6. The lowest BCUT2D eigenvalue weighted by Gasteiger charge is -2.40. The molecule has 0 unspecified atom stereocenters. The monoisotopic (exact) mass is 1210 g/mol. The second-order valence-electron chi connectivity index (χ2n) is 22.3. The van der Waals surface area contributed by atoms with Gasteiger partial charge < -0.3 is 105 Å². The fourth-order valence-corrected chi connectivity index (χ4v) is 10.4. The highest BCUT2D eigenvalue weighted by Gasteiger charge is 2.45. The van der Waals surface area contributed by atoms with Gasteiger partial charge in [0.1, 0.15) is 72.8 Å². The van der Waals surface area contributed by atoms with E-state index in [2.05, 4.69) is 52.5 Å². The number of para-hydroxylation sites is 2. The minimum atomic E-state index is -1.95. The van der Waals surface area contributed by atoms with E-state index in [1.54, 1.807) is 24.5 Å². The van der Waals surface area contributed by atoms with Gasteiger partial charge in [-0.2, -0.15) is 0 Å². The Hall–Kier alpha value is -7.12. The second-order valence-corrected chi connectivity index (χ2v) is 22.3. The molecule has 474 valence electrons. The van der Waals surface area contributed by atoms with Gasteiger partial charge in [-0.3, -0.25) is 38.4 Å². The Morgan fingerprint density at radius 1 is 0.465 bits per heavy atom. The topological polar surface area (TPSA) is 462 Å². The molecule has 8 amide bonds. The van der Waals surface area contributed by atoms with Crippen molar-refractivity contribution in [2.45, 2.75) is 170 Å². The van der Waals surface area contributed by atoms with Crippen molar-refractivity contribution >= 4 is 69.1 Å². The van der Waals surface area contributed by atoms with Gasteiger partial charge in [-0.15, -0.1) is 0 Å². The summed E-state index contributed by atoms with van der Waals surface area (Å²) in [5, 5.41) is 75.3. The summed E-state index contributed by atoms with van der Waals surface area (Å²) in [6.07, 6.45) is -4.05. The van der Waals surface area contributed by atoms with Gasteiger partial charge in [0.25, 0.3) is 0 Å². The molecule has 2 fully saturated rings. The average Bonchev–Trinajstić information content (AvgIpc) is 2.68. The Morgan fingerprint density at radius 2 is 0.837 bits per heavy atom. The number of aliphatic hydroxyl groups excluding tert-OH is 5. The Kier molecular flexibility index (Phi) is 26.6. The summed E-state index contributed by atoms with van der Waals surface area (Å²) in [4.78, 5) is 124. The summed E-state index contributed by atoms with van der Waals surface area (Å²) < 4.78 is 11.3. The minimum Gasteiger partial charge on any atom is -0.394 e. The van der Waals surface area contributed by atoms with Crippen LogP contribution in [0.25, 0.3) is 21.8 Å². The number of H-pyrrole nitrogens is 2. The van der Waals surface area contributed by atoms with Crippen molar-refractivity contribution in [1.82, 2.24) is 52.5 Å². The Bertz CT molecular complexity index is 2890. The first-order chi connectivity index (χ1) is 41.3. The maximum Gasteiger partial charge on any atom is 0.245 e. The van der Waals surface area contributed by atoms with Crippen molar-refractivity contribution in [3.63, 3.8) is 0 Å². The molecule has 0 saturated carbocycles. The summed E-state index contributed by atoms with van der Waals surface area (Å²) in [5.41, 5.74) is 20.2. The summed E-state index contributed by atoms with van der Waals surface area (Å²) in [5.74, 6) is -7.62. The molecule has 28 heteroatoms. The first kappa shape index (κ1) is 68.0. The Balaban J connectivity index is 1.45. The number of ether oxygens (including phenoxy) is 2. The smallest absolute Gasteiger partial charge is 0.245 e. The summed E-state index contributed by atoms with van der Waals surface area (Å²) in [6.45, 7) is 1.52. The van der Waals surface area contributed by atoms with E-state index in [1.807, 2.05) is 50.2 Å². The fraction of sp³-hybridized carbons (Fsp3) is 0.586. The number of rotatable bonds is 23. The molecule has 2 saturated heterocycles. The zero-order valence-electron chi connectivity index (χ0n) is 48.6. The summed E-state index contributed by atoms with van der Waals surface area (Å²) in [6, 6.07) is 2.37. The molecule has 21 N–H and O–H groups in total. The van der Waals surface area contributed by atoms with Gasteiger partial charge in [-0.25, -0.2) is 0 Å². The van der Waals surface area contributed by atoms with Gasteiger partial charge in [-0.05, 0) is 113 Å². The number of hydrogen-bond acceptors (Lipinski definition) is 18. The molecular weight excluding hydrogens is 1120 g/mol. The van der Waals surface area contributed by atoms with Crippen LogP contribution in [0.2, 0.25) is 0 Å². The number of nitrogens with one attached hydrogen (secondary N) is 10. The van der Waals surface area contributed by atoms with E-state index in [9.17, 15) is 59.1 Å². The van der Waals surface area contributed by atoms with Crippen LogP contribution in [0.4, 0.5) is 0 Å². The molecule has 28 nitrogen and oxygen atoms in total. The Morgan fingerprint density at radius 3 is 1.27 bits per heavy atom. The SMILES string of the molecule is CC(C)C[C@H]1NC(=O)[C@H](Cc2c[nH]c3ccccc23)NC(=O)[C@@H](CCCCN)NC(=O)[C@H](CO[C@@H]2O[C@H](CO)[C@H](O)[C@H](O)[C@H]2O)NC(=O)[C@@H](CCCCN)NC(=O)[C@H](CO)NC(=O)[C@@H](CCCCN)NC(=O)[C@H](Cc2c[nH]c3ccccc23)NC1=O. The first-order valence-corrected chi connectivity index (χ1v) is 29.5. The van der Waals surface area contributed by atoms with Crippen LogP contribution in [0.15, 0.2) is 60.9 Å². The molecule has 0 aliphatic carbocycles. The van der Waals surface area contributed by atoms with E-state index < -0.39 is 146 Å². The number of aromatic nitrogens is 2. The maximum atomic E-state index is 15.0. The van der Waals surface area contributed by atoms with Crippen LogP contribution in [0.3, 0.4) is 0 Å². The number of unbranched alkanes of at least 4 members (excludes halogenated alkanes) is 3. The predicted octanol–water partition coefficient (Wildman–Crippen LogP) is -3.43. The van der Waals surface area contributed by atoms with Crippen LogP contribution in [0.1, 0.15) is 89.2 Å². The normalized spacial score (nSPS) is 27.3. The van der Waals surface area contributed by atoms with E-state index in [0.29, 0.717) is 42.2 Å². The van der Waals surface area contributed by atoms with Crippen molar-refractivity contribution < 1.29 is 73.4 Å². The molecular formula is C58H87N13O15. The predicted molar refractivity (Wildman–Crippen MR) is 314 cm³/mol. The van der Waals surface area contributed by atoms with E-state index >= 15 is 4.79 Å². The molecule has 4 heterocycles. The van der Waals surface area contributed by atoms with Gasteiger partial charge in [0.05, 0.1) is 19.8 Å². The van der Waals surface area contributed by atoms with Crippen LogP contribution in [-0.2, 0) is 60.7 Å². The van der Waals surface area contributed by atoms with Crippen molar-refractivity contribution in [3.05, 3.63) is 72.1 Å². The molecule has 2 aliphatic rings. The maximum absolute atomic E-state index is 15.0. The molecule has 4 aromatic rings. The number of carbonyl (C=O) groups is 8. The molecule has 0 bridgehead atoms. The van der Waals surface area contributed by atoms with E-state index in [0.717, 1.165) is 16.4 Å². The number of aliphatic hydroxyl groups is 5. The van der Waals surface area contributed by atoms with Crippen molar-refractivity contribution in [2.75, 3.05) is 39.5 Å². The zero-order chi connectivity index (χ0) is 62.5. The Labute approximate surface area is 497 Å². The third-order valence-corrected chi connectivity index (χ3v) is 15.3. The van der Waals surface area contributed by atoms with Gasteiger partial charge in [-0.1, -0.05) is 50.2 Å². The minimum absolute atomic E-state index is 0.0233. The number of amides is 8. The molecule has 0 radical (unpaired) electrons. The van der Waals surface area contributed by atoms with Gasteiger partial charge >= 0.3 is 0 Å². The number of benzene rings is 2. The largest absolute Gasteiger partial charge is 0.394 e. The highest BCUT2D eigenvalue weighted by atomic mass is 16.7. The number of carbonyl (C=O) groups excluding carboxylic acids is 8. The quantitative estimate of drug-likeness (QED) is 0.0321. The van der Waals surface area contributed by atoms with E-state index in [-0.39, 0.29) is 76.9 Å². The lowest BCUT2D eigenvalue weighted by molar-refractivity contribution is -0.301. The number of fused-ring (bicyclic) bond motifs is 2. The molecule has 0 spiro atoms. The lowest BCUT2D eigenvalue weighted by Crippen LogP contribution is -2.63. The van der Waals surface area contributed by atoms with Gasteiger partial charge in [0, 0.05) is 47.0 Å². The van der Waals surface area contributed by atoms with Gasteiger partial charge in [0.2, 0.25) is 47.3 Å². The molecule has 2 aliphatic heterocycles. The van der Waals surface area contributed by atoms with Crippen LogP contribution in [-0.4, -0.2) is 201 Å². The molecule has 86 heavy (non-hydrogen) atoms. The average molecular weight is 1210 g/mol. The van der Waals surface area contributed by atoms with Crippen molar-refractivity contribution in [2.24, 2.45) is 23.1 Å². The van der Waals surface area contributed by atoms with Crippen LogP contribution >= 0.6 is 0 Å². The third kappa shape index (κ3) is 18.9. The standard InChI is InChI=1S/C58H87N13O15/c1-31(2)23-41-53(80)69-42(24-32-26-62-36-15-5-3-13-34(32)36)54(81)64-39(18-8-11-21-60)51(78)70-44(28-72)56(83)65-40(19-9-12-22-61)52(79)71-45(30-85-58-49(76)48(75)47(74)46(29-73)86-58)57(84)66-38(17-7-10-20-59)50(77)68-43(55(82)67-41)25-33-27-63-37-16-6-4-14-35(33)37/h3-6,13-16,26-27,31,38-49,58,62-63,72-76H,7-12,17-25,28-30,59-61H2,1-2H3,(H,64,81)(H,65,83)(H,66,84)(H,67,82)(H,68,77)(H,69,80)(H,70,78)(H,71,79)/t38-,39-,40-,41-,42+,43+,44+,45+,46-,47+,48+,49-,58-/m1/s1. The molecule has 6 rings (SSSR count).